The molecule has 4 rings (SSSR count). The fraction of sp³-hybridized carbons (Fsp3) is 0.300. The number of anilines is 1. The zero-order valence-electron chi connectivity index (χ0n) is 12.9. The van der Waals surface area contributed by atoms with Gasteiger partial charge in [-0.15, -0.1) is 0 Å². The Kier molecular flexibility index (Phi) is 3.27. The number of rotatable bonds is 1. The lowest BCUT2D eigenvalue weighted by atomic mass is 9.76. The van der Waals surface area contributed by atoms with Gasteiger partial charge in [0.25, 0.3) is 0 Å². The third kappa shape index (κ3) is 2.07. The van der Waals surface area contributed by atoms with Gasteiger partial charge < -0.3 is 5.32 Å². The summed E-state index contributed by atoms with van der Waals surface area (Å²) in [7, 11) is 0. The third-order valence-corrected chi connectivity index (χ3v) is 5.51. The molecular weight excluding hydrogens is 290 g/mol. The Morgan fingerprint density at radius 2 is 2.00 bits per heavy atom. The zero-order chi connectivity index (χ0) is 15.3. The fourth-order valence-corrected chi connectivity index (χ4v) is 4.15. The van der Waals surface area contributed by atoms with Gasteiger partial charge in [0.15, 0.2) is 0 Å². The number of hydrogen-bond donors (Lipinski definition) is 1. The summed E-state index contributed by atoms with van der Waals surface area (Å²) in [5, 5.41) is 4.64. The maximum absolute atomic E-state index is 6.22. The van der Waals surface area contributed by atoms with Crippen molar-refractivity contribution in [3.8, 4) is 0 Å². The van der Waals surface area contributed by atoms with Crippen LogP contribution in [0.1, 0.15) is 40.6 Å². The van der Waals surface area contributed by atoms with Crippen LogP contribution in [-0.2, 0) is 0 Å². The Bertz CT molecular complexity index is 762. The van der Waals surface area contributed by atoms with Gasteiger partial charge in [0.1, 0.15) is 0 Å². The first-order chi connectivity index (χ1) is 10.6. The minimum atomic E-state index is 0.326. The van der Waals surface area contributed by atoms with Gasteiger partial charge in [0.05, 0.1) is 6.04 Å². The van der Waals surface area contributed by atoms with Crippen molar-refractivity contribution in [2.75, 3.05) is 5.32 Å². The van der Waals surface area contributed by atoms with Crippen LogP contribution in [0.3, 0.4) is 0 Å². The van der Waals surface area contributed by atoms with Crippen molar-refractivity contribution in [1.29, 1.82) is 0 Å². The molecule has 0 amide bonds. The lowest BCUT2D eigenvalue weighted by Gasteiger charge is -2.38. The van der Waals surface area contributed by atoms with Crippen LogP contribution in [0.2, 0.25) is 5.02 Å². The topological polar surface area (TPSA) is 12.0 Å². The second kappa shape index (κ2) is 5.17. The van der Waals surface area contributed by atoms with Crippen LogP contribution >= 0.6 is 11.6 Å². The monoisotopic (exact) mass is 309 g/mol. The standard InChI is InChI=1S/C20H20ClN/c1-12-9-10-18-16-7-4-8-17(16)20(22-19(18)13(12)2)14-5-3-6-15(21)11-14/h3-7,9-11,16-17,20,22H,8H2,1-2H3/t16-,17-,20+/m0/s1. The second-order valence-electron chi connectivity index (χ2n) is 6.50. The summed E-state index contributed by atoms with van der Waals surface area (Å²) in [6.07, 6.45) is 5.84. The van der Waals surface area contributed by atoms with Gasteiger partial charge in [-0.05, 0) is 60.6 Å². The quantitative estimate of drug-likeness (QED) is 0.658. The van der Waals surface area contributed by atoms with Gasteiger partial charge >= 0.3 is 0 Å². The number of nitrogens with one attached hydrogen (secondary N) is 1. The van der Waals surface area contributed by atoms with E-state index >= 15 is 0 Å². The average Bonchev–Trinajstić information content (AvgIpc) is 3.00. The van der Waals surface area contributed by atoms with Crippen LogP contribution in [0.4, 0.5) is 5.69 Å². The smallest absolute Gasteiger partial charge is 0.0554 e. The lowest BCUT2D eigenvalue weighted by molar-refractivity contribution is 0.425. The first kappa shape index (κ1) is 13.9. The first-order valence-electron chi connectivity index (χ1n) is 7.94. The number of aryl methyl sites for hydroxylation is 1. The second-order valence-corrected chi connectivity index (χ2v) is 6.94. The first-order valence-corrected chi connectivity index (χ1v) is 8.31. The molecule has 0 aromatic heterocycles. The van der Waals surface area contributed by atoms with Crippen molar-refractivity contribution < 1.29 is 0 Å². The van der Waals surface area contributed by atoms with Gasteiger partial charge in [-0.25, -0.2) is 0 Å². The molecule has 1 aliphatic heterocycles. The van der Waals surface area contributed by atoms with Crippen LogP contribution in [0.25, 0.3) is 0 Å². The van der Waals surface area contributed by atoms with E-state index in [0.717, 1.165) is 11.4 Å². The number of halogens is 1. The van der Waals surface area contributed by atoms with E-state index in [4.69, 9.17) is 11.6 Å². The molecule has 0 bridgehead atoms. The molecule has 2 heteroatoms. The molecule has 2 aromatic rings. The van der Waals surface area contributed by atoms with E-state index in [2.05, 4.69) is 61.6 Å². The van der Waals surface area contributed by atoms with Crippen molar-refractivity contribution >= 4 is 17.3 Å². The highest BCUT2D eigenvalue weighted by Gasteiger charge is 2.38. The number of fused-ring (bicyclic) bond motifs is 3. The lowest BCUT2D eigenvalue weighted by Crippen LogP contribution is -2.29. The third-order valence-electron chi connectivity index (χ3n) is 5.28. The van der Waals surface area contributed by atoms with E-state index in [-0.39, 0.29) is 0 Å². The van der Waals surface area contributed by atoms with Crippen LogP contribution in [0.5, 0.6) is 0 Å². The molecule has 1 aliphatic carbocycles. The number of hydrogen-bond acceptors (Lipinski definition) is 1. The van der Waals surface area contributed by atoms with Crippen molar-refractivity contribution in [1.82, 2.24) is 0 Å². The molecule has 0 radical (unpaired) electrons. The van der Waals surface area contributed by atoms with Crippen LogP contribution in [-0.4, -0.2) is 0 Å². The van der Waals surface area contributed by atoms with E-state index in [9.17, 15) is 0 Å². The maximum Gasteiger partial charge on any atom is 0.0554 e. The molecule has 0 saturated heterocycles. The predicted molar refractivity (Wildman–Crippen MR) is 93.7 cm³/mol. The summed E-state index contributed by atoms with van der Waals surface area (Å²) in [6, 6.07) is 13.2. The van der Waals surface area contributed by atoms with Gasteiger partial charge in [-0.2, -0.15) is 0 Å². The van der Waals surface area contributed by atoms with Crippen molar-refractivity contribution in [3.63, 3.8) is 0 Å². The van der Waals surface area contributed by atoms with Crippen LogP contribution < -0.4 is 5.32 Å². The molecule has 0 spiro atoms. The summed E-state index contributed by atoms with van der Waals surface area (Å²) >= 11 is 6.22. The summed E-state index contributed by atoms with van der Waals surface area (Å²) in [5.74, 6) is 1.09. The van der Waals surface area contributed by atoms with Gasteiger partial charge in [-0.3, -0.25) is 0 Å². The van der Waals surface area contributed by atoms with Gasteiger partial charge in [-0.1, -0.05) is 48.0 Å². The van der Waals surface area contributed by atoms with Crippen LogP contribution in [0.15, 0.2) is 48.6 Å². The molecule has 0 saturated carbocycles. The Balaban J connectivity index is 1.84. The molecule has 22 heavy (non-hydrogen) atoms. The molecular formula is C20H20ClN. The van der Waals surface area contributed by atoms with Crippen molar-refractivity contribution in [2.45, 2.75) is 32.2 Å². The Morgan fingerprint density at radius 1 is 1.14 bits per heavy atom. The van der Waals surface area contributed by atoms with Crippen molar-refractivity contribution in [2.24, 2.45) is 5.92 Å². The highest BCUT2D eigenvalue weighted by Crippen LogP contribution is 2.51. The Hall–Kier alpha value is -1.73. The highest BCUT2D eigenvalue weighted by molar-refractivity contribution is 6.30. The minimum absolute atomic E-state index is 0.326. The average molecular weight is 310 g/mol. The summed E-state index contributed by atoms with van der Waals surface area (Å²) in [6.45, 7) is 4.40. The number of allylic oxidation sites excluding steroid dienone is 2. The van der Waals surface area contributed by atoms with Crippen LogP contribution in [0, 0.1) is 19.8 Å². The van der Waals surface area contributed by atoms with E-state index in [1.54, 1.807) is 0 Å². The fourth-order valence-electron chi connectivity index (χ4n) is 3.95. The summed E-state index contributed by atoms with van der Waals surface area (Å²) in [4.78, 5) is 0. The number of benzene rings is 2. The molecule has 1 heterocycles. The predicted octanol–water partition coefficient (Wildman–Crippen LogP) is 5.78. The van der Waals surface area contributed by atoms with E-state index in [1.807, 2.05) is 6.07 Å². The van der Waals surface area contributed by atoms with E-state index in [0.29, 0.717) is 17.9 Å². The van der Waals surface area contributed by atoms with E-state index in [1.165, 1.54) is 27.9 Å². The summed E-state index contributed by atoms with van der Waals surface area (Å²) < 4.78 is 0. The molecule has 2 aromatic carbocycles. The highest BCUT2D eigenvalue weighted by atomic mass is 35.5. The minimum Gasteiger partial charge on any atom is -0.377 e. The molecule has 0 fully saturated rings. The molecule has 0 unspecified atom stereocenters. The summed E-state index contributed by atoms with van der Waals surface area (Å²) in [5.41, 5.74) is 6.76. The normalized spacial score (nSPS) is 25.5. The molecule has 2 aliphatic rings. The van der Waals surface area contributed by atoms with Gasteiger partial charge in [0, 0.05) is 16.6 Å². The Labute approximate surface area is 137 Å². The molecule has 1 N–H and O–H groups in total. The largest absolute Gasteiger partial charge is 0.377 e. The van der Waals surface area contributed by atoms with Gasteiger partial charge in [0.2, 0.25) is 0 Å². The zero-order valence-corrected chi connectivity index (χ0v) is 13.7. The van der Waals surface area contributed by atoms with Crippen molar-refractivity contribution in [3.05, 3.63) is 75.8 Å². The SMILES string of the molecule is Cc1ccc2c(c1C)N[C@H](c1cccc(Cl)c1)[C@H]1CC=C[C@H]21. The molecule has 1 nitrogen and oxygen atoms in total. The van der Waals surface area contributed by atoms with E-state index < -0.39 is 0 Å². The molecule has 112 valence electrons. The maximum atomic E-state index is 6.22. The Morgan fingerprint density at radius 3 is 2.82 bits per heavy atom. The molecule has 3 atom stereocenters.